The Morgan fingerprint density at radius 2 is 1.47 bits per heavy atom. The zero-order valence-electron chi connectivity index (χ0n) is 16.8. The van der Waals surface area contributed by atoms with E-state index in [9.17, 15) is 8.42 Å². The van der Waals surface area contributed by atoms with Crippen molar-refractivity contribution in [3.8, 4) is 23.7 Å². The van der Waals surface area contributed by atoms with Crippen LogP contribution in [0.1, 0.15) is 29.2 Å². The van der Waals surface area contributed by atoms with E-state index in [1.54, 1.807) is 24.3 Å². The maximum Gasteiger partial charge on any atom is 0.241 e. The molecule has 0 spiro atoms. The summed E-state index contributed by atoms with van der Waals surface area (Å²) in [5, 5.41) is 0. The molecule has 0 fully saturated rings. The van der Waals surface area contributed by atoms with Gasteiger partial charge in [-0.2, -0.15) is 4.72 Å². The maximum absolute atomic E-state index is 12.8. The second-order valence-electron chi connectivity index (χ2n) is 6.83. The summed E-state index contributed by atoms with van der Waals surface area (Å²) in [4.78, 5) is 0.213. The molecule has 150 valence electrons. The highest BCUT2D eigenvalue weighted by atomic mass is 32.2. The van der Waals surface area contributed by atoms with Crippen LogP contribution in [0.2, 0.25) is 0 Å². The van der Waals surface area contributed by atoms with E-state index < -0.39 is 16.1 Å². The number of sulfonamides is 1. The Hall–Kier alpha value is -3.31. The van der Waals surface area contributed by atoms with Crippen LogP contribution in [0, 0.1) is 30.6 Å². The molecular formula is C26H23NO2S. The summed E-state index contributed by atoms with van der Waals surface area (Å²) in [5.41, 5.74) is 3.00. The van der Waals surface area contributed by atoms with Gasteiger partial charge >= 0.3 is 0 Å². The molecule has 3 nitrogen and oxygen atoms in total. The largest absolute Gasteiger partial charge is 0.241 e. The van der Waals surface area contributed by atoms with Gasteiger partial charge in [0.1, 0.15) is 6.04 Å². The van der Waals surface area contributed by atoms with Crippen molar-refractivity contribution < 1.29 is 8.42 Å². The van der Waals surface area contributed by atoms with Crippen LogP contribution in [0.25, 0.3) is 0 Å². The highest BCUT2D eigenvalue weighted by molar-refractivity contribution is 7.89. The lowest BCUT2D eigenvalue weighted by Gasteiger charge is -2.14. The number of benzene rings is 3. The molecule has 0 bridgehead atoms. The fourth-order valence-corrected chi connectivity index (χ4v) is 3.97. The first-order chi connectivity index (χ1) is 14.5. The van der Waals surface area contributed by atoms with Crippen LogP contribution in [0.4, 0.5) is 0 Å². The summed E-state index contributed by atoms with van der Waals surface area (Å²) in [5.74, 6) is 11.7. The minimum atomic E-state index is -3.71. The topological polar surface area (TPSA) is 46.2 Å². The van der Waals surface area contributed by atoms with Gasteiger partial charge in [0.25, 0.3) is 0 Å². The second-order valence-corrected chi connectivity index (χ2v) is 8.55. The Balaban J connectivity index is 1.74. The molecule has 0 aromatic heterocycles. The SMILES string of the molecule is Cc1ccc(S(=O)(=O)N[C@H](C#CC#CCCc2ccccc2)c2ccccc2)cc1. The predicted octanol–water partition coefficient (Wildman–Crippen LogP) is 4.65. The number of aryl methyl sites for hydroxylation is 2. The smallest absolute Gasteiger partial charge is 0.207 e. The van der Waals surface area contributed by atoms with E-state index in [2.05, 4.69) is 40.5 Å². The average Bonchev–Trinajstić information content (AvgIpc) is 2.77. The molecule has 0 aliphatic carbocycles. The summed E-state index contributed by atoms with van der Waals surface area (Å²) in [6, 6.07) is 25.5. The number of rotatable bonds is 6. The quantitative estimate of drug-likeness (QED) is 0.598. The van der Waals surface area contributed by atoms with E-state index >= 15 is 0 Å². The summed E-state index contributed by atoms with van der Waals surface area (Å²) in [7, 11) is -3.71. The van der Waals surface area contributed by atoms with E-state index in [0.717, 1.165) is 17.5 Å². The van der Waals surface area contributed by atoms with Crippen molar-refractivity contribution in [2.24, 2.45) is 0 Å². The van der Waals surface area contributed by atoms with Crippen LogP contribution >= 0.6 is 0 Å². The van der Waals surface area contributed by atoms with Gasteiger partial charge in [-0.3, -0.25) is 0 Å². The predicted molar refractivity (Wildman–Crippen MR) is 121 cm³/mol. The van der Waals surface area contributed by atoms with Crippen molar-refractivity contribution in [1.29, 1.82) is 0 Å². The van der Waals surface area contributed by atoms with Crippen LogP contribution < -0.4 is 4.72 Å². The van der Waals surface area contributed by atoms with Crippen LogP contribution in [0.5, 0.6) is 0 Å². The molecule has 0 heterocycles. The third-order valence-electron chi connectivity index (χ3n) is 4.49. The first-order valence-corrected chi connectivity index (χ1v) is 11.2. The van der Waals surface area contributed by atoms with E-state index in [-0.39, 0.29) is 4.90 Å². The van der Waals surface area contributed by atoms with Gasteiger partial charge in [0.05, 0.1) is 4.90 Å². The number of hydrogen-bond acceptors (Lipinski definition) is 2. The summed E-state index contributed by atoms with van der Waals surface area (Å²) >= 11 is 0. The second kappa shape index (κ2) is 10.5. The van der Waals surface area contributed by atoms with E-state index in [0.29, 0.717) is 6.42 Å². The lowest BCUT2D eigenvalue weighted by molar-refractivity contribution is 0.576. The normalized spacial score (nSPS) is 11.5. The monoisotopic (exact) mass is 413 g/mol. The summed E-state index contributed by atoms with van der Waals surface area (Å²) < 4.78 is 28.3. The molecule has 0 saturated carbocycles. The molecule has 30 heavy (non-hydrogen) atoms. The molecule has 0 unspecified atom stereocenters. The Morgan fingerprint density at radius 3 is 2.13 bits per heavy atom. The van der Waals surface area contributed by atoms with E-state index in [1.807, 2.05) is 55.5 Å². The molecule has 3 aromatic rings. The molecule has 1 N–H and O–H groups in total. The molecule has 1 atom stereocenters. The standard InChI is InChI=1S/C26H23NO2S/c1-22-18-20-25(21-19-22)30(28,29)27-26(24-15-9-5-10-16-24)17-11-3-2-6-12-23-13-7-4-8-14-23/h4-5,7-10,13-16,18-21,26-27H,6,12H2,1H3/t26-/m1/s1. The number of hydrogen-bond donors (Lipinski definition) is 1. The molecular weight excluding hydrogens is 390 g/mol. The van der Waals surface area contributed by atoms with Crippen LogP contribution in [0.3, 0.4) is 0 Å². The number of nitrogens with one attached hydrogen (secondary N) is 1. The van der Waals surface area contributed by atoms with Crippen LogP contribution in [-0.2, 0) is 16.4 Å². The molecule has 0 aliphatic heterocycles. The zero-order chi connectivity index (χ0) is 21.2. The molecule has 0 saturated heterocycles. The highest BCUT2D eigenvalue weighted by Gasteiger charge is 2.19. The van der Waals surface area contributed by atoms with Crippen molar-refractivity contribution in [2.75, 3.05) is 0 Å². The zero-order valence-corrected chi connectivity index (χ0v) is 17.6. The minimum absolute atomic E-state index is 0.213. The van der Waals surface area contributed by atoms with Crippen molar-refractivity contribution in [3.05, 3.63) is 102 Å². The first-order valence-electron chi connectivity index (χ1n) is 9.71. The van der Waals surface area contributed by atoms with Crippen molar-refractivity contribution in [1.82, 2.24) is 4.72 Å². The molecule has 0 aliphatic rings. The average molecular weight is 414 g/mol. The van der Waals surface area contributed by atoms with Gasteiger partial charge in [0.2, 0.25) is 10.0 Å². The van der Waals surface area contributed by atoms with Crippen molar-refractivity contribution in [3.63, 3.8) is 0 Å². The van der Waals surface area contributed by atoms with Gasteiger partial charge in [-0.25, -0.2) is 8.42 Å². The molecule has 3 aromatic carbocycles. The van der Waals surface area contributed by atoms with Crippen LogP contribution in [0.15, 0.2) is 89.8 Å². The molecule has 4 heteroatoms. The Kier molecular flexibility index (Phi) is 7.46. The van der Waals surface area contributed by atoms with Gasteiger partial charge in [0.15, 0.2) is 0 Å². The van der Waals surface area contributed by atoms with Gasteiger partial charge < -0.3 is 0 Å². The molecule has 0 amide bonds. The highest BCUT2D eigenvalue weighted by Crippen LogP contribution is 2.17. The van der Waals surface area contributed by atoms with Gasteiger partial charge in [0, 0.05) is 6.42 Å². The Labute approximate surface area is 179 Å². The van der Waals surface area contributed by atoms with E-state index in [4.69, 9.17) is 0 Å². The first kappa shape index (κ1) is 21.4. The van der Waals surface area contributed by atoms with Crippen molar-refractivity contribution in [2.45, 2.75) is 30.7 Å². The fraction of sp³-hybridized carbons (Fsp3) is 0.154. The Morgan fingerprint density at radius 1 is 0.833 bits per heavy atom. The third kappa shape index (κ3) is 6.36. The molecule has 0 radical (unpaired) electrons. The molecule has 3 rings (SSSR count). The van der Waals surface area contributed by atoms with Gasteiger partial charge in [-0.15, -0.1) is 0 Å². The summed E-state index contributed by atoms with van der Waals surface area (Å²) in [6.07, 6.45) is 1.56. The Bertz CT molecular complexity index is 1180. The van der Waals surface area contributed by atoms with Gasteiger partial charge in [-0.1, -0.05) is 90.2 Å². The third-order valence-corrected chi connectivity index (χ3v) is 5.92. The van der Waals surface area contributed by atoms with Crippen molar-refractivity contribution >= 4 is 10.0 Å². The van der Waals surface area contributed by atoms with Gasteiger partial charge in [-0.05, 0) is 48.4 Å². The lowest BCUT2D eigenvalue weighted by atomic mass is 10.1. The van der Waals surface area contributed by atoms with Crippen LogP contribution in [-0.4, -0.2) is 8.42 Å². The maximum atomic E-state index is 12.8. The fourth-order valence-electron chi connectivity index (χ4n) is 2.83. The minimum Gasteiger partial charge on any atom is -0.207 e. The summed E-state index contributed by atoms with van der Waals surface area (Å²) in [6.45, 7) is 1.92. The van der Waals surface area contributed by atoms with E-state index in [1.165, 1.54) is 5.56 Å². The lowest BCUT2D eigenvalue weighted by Crippen LogP contribution is -2.27.